The Labute approximate surface area is 71.4 Å². The minimum Gasteiger partial charge on any atom is -0.387 e. The third-order valence-electron chi connectivity index (χ3n) is 1.22. The molecule has 0 saturated carbocycles. The van der Waals surface area contributed by atoms with Gasteiger partial charge in [-0.2, -0.15) is 0 Å². The summed E-state index contributed by atoms with van der Waals surface area (Å²) in [5.74, 6) is 0.535. The van der Waals surface area contributed by atoms with Crippen LogP contribution in [0, 0.1) is 17.5 Å². The minimum atomic E-state index is 0.153. The van der Waals surface area contributed by atoms with Crippen LogP contribution in [0.25, 0.3) is 0 Å². The van der Waals surface area contributed by atoms with E-state index in [9.17, 15) is 0 Å². The minimum absolute atomic E-state index is 0.153. The van der Waals surface area contributed by atoms with E-state index in [0.717, 1.165) is 0 Å². The Hall–Kier alpha value is -1.82. The molecule has 1 aromatic carbocycles. The number of aliphatic imine (C=N–C) groups is 1. The maximum absolute atomic E-state index is 7.46. The molecule has 0 heterocycles. The van der Waals surface area contributed by atoms with Gasteiger partial charge < -0.3 is 5.73 Å². The Kier molecular flexibility index (Phi) is 2.44. The summed E-state index contributed by atoms with van der Waals surface area (Å²) in [5.41, 5.74) is 6.01. The van der Waals surface area contributed by atoms with Gasteiger partial charge in [0.1, 0.15) is 0 Å². The maximum atomic E-state index is 7.46. The van der Waals surface area contributed by atoms with Crippen molar-refractivity contribution in [2.24, 2.45) is 10.7 Å². The van der Waals surface area contributed by atoms with Crippen molar-refractivity contribution in [3.63, 3.8) is 0 Å². The van der Waals surface area contributed by atoms with Gasteiger partial charge >= 0.3 is 0 Å². The zero-order valence-electron chi connectivity index (χ0n) is 6.76. The molecule has 0 aliphatic rings. The summed E-state index contributed by atoms with van der Waals surface area (Å²) in [4.78, 5) is 3.79. The number of hydrogen-bond acceptors (Lipinski definition) is 1. The second-order valence-electron chi connectivity index (χ2n) is 2.32. The van der Waals surface area contributed by atoms with Crippen molar-refractivity contribution in [1.29, 1.82) is 5.41 Å². The average Bonchev–Trinajstić information content (AvgIpc) is 2.05. The van der Waals surface area contributed by atoms with Gasteiger partial charge in [0.05, 0.1) is 5.84 Å². The fourth-order valence-electron chi connectivity index (χ4n) is 0.735. The standard InChI is InChI=1S/C9H9N3/c1-7(10)12-9(11)8-5-3-2-4-6-8/h3,5-6H,1H3,(H3,10,11,12). The van der Waals surface area contributed by atoms with Gasteiger partial charge in [0.2, 0.25) is 0 Å². The van der Waals surface area contributed by atoms with E-state index in [1.165, 1.54) is 0 Å². The van der Waals surface area contributed by atoms with Crippen molar-refractivity contribution in [2.75, 3.05) is 0 Å². The molecule has 3 N–H and O–H groups in total. The molecule has 1 rings (SSSR count). The van der Waals surface area contributed by atoms with Crippen LogP contribution in [0.15, 0.2) is 23.2 Å². The predicted molar refractivity (Wildman–Crippen MR) is 48.2 cm³/mol. The molecule has 0 fully saturated rings. The lowest BCUT2D eigenvalue weighted by atomic mass is 10.2. The van der Waals surface area contributed by atoms with Crippen molar-refractivity contribution >= 4 is 11.7 Å². The molecule has 0 unspecified atom stereocenters. The van der Waals surface area contributed by atoms with Crippen LogP contribution in [0.5, 0.6) is 0 Å². The largest absolute Gasteiger partial charge is 0.387 e. The molecule has 0 bridgehead atoms. The van der Waals surface area contributed by atoms with Crippen molar-refractivity contribution in [3.8, 4) is 0 Å². The number of nitrogens with one attached hydrogen (secondary N) is 1. The van der Waals surface area contributed by atoms with E-state index < -0.39 is 0 Å². The lowest BCUT2D eigenvalue weighted by Gasteiger charge is -1.95. The maximum Gasteiger partial charge on any atom is 0.154 e. The molecule has 0 spiro atoms. The topological polar surface area (TPSA) is 62.2 Å². The third kappa shape index (κ3) is 2.10. The first kappa shape index (κ1) is 8.28. The fraction of sp³-hybridized carbons (Fsp3) is 0.111. The van der Waals surface area contributed by atoms with Gasteiger partial charge in [-0.15, -0.1) is 0 Å². The average molecular weight is 159 g/mol. The smallest absolute Gasteiger partial charge is 0.154 e. The van der Waals surface area contributed by atoms with Crippen molar-refractivity contribution in [3.05, 3.63) is 35.9 Å². The second kappa shape index (κ2) is 3.54. The molecule has 3 nitrogen and oxygen atoms in total. The summed E-state index contributed by atoms with van der Waals surface area (Å²) < 4.78 is 0. The Morgan fingerprint density at radius 3 is 2.83 bits per heavy atom. The van der Waals surface area contributed by atoms with Gasteiger partial charge in [-0.3, -0.25) is 5.41 Å². The summed E-state index contributed by atoms with van der Waals surface area (Å²) in [5, 5.41) is 7.46. The number of hydrogen-bond donors (Lipinski definition) is 2. The summed E-state index contributed by atoms with van der Waals surface area (Å²) in [6.45, 7) is 1.65. The first-order valence-corrected chi connectivity index (χ1v) is 3.47. The van der Waals surface area contributed by atoms with E-state index in [-0.39, 0.29) is 5.84 Å². The first-order chi connectivity index (χ1) is 5.70. The molecule has 3 heteroatoms. The lowest BCUT2D eigenvalue weighted by molar-refractivity contribution is 1.40. The Balaban J connectivity index is 2.87. The normalized spacial score (nSPS) is 10.6. The Morgan fingerprint density at radius 1 is 1.58 bits per heavy atom. The van der Waals surface area contributed by atoms with Gasteiger partial charge in [-0.05, 0) is 25.1 Å². The zero-order chi connectivity index (χ0) is 8.97. The van der Waals surface area contributed by atoms with E-state index in [1.807, 2.05) is 0 Å². The van der Waals surface area contributed by atoms with Gasteiger partial charge in [0.15, 0.2) is 5.84 Å². The number of amidine groups is 2. The van der Waals surface area contributed by atoms with Crippen molar-refractivity contribution in [2.45, 2.75) is 6.92 Å². The van der Waals surface area contributed by atoms with E-state index in [4.69, 9.17) is 11.1 Å². The quantitative estimate of drug-likeness (QED) is 0.466. The van der Waals surface area contributed by atoms with Crippen LogP contribution in [-0.4, -0.2) is 11.7 Å². The molecule has 60 valence electrons. The molecule has 0 aliphatic carbocycles. The molecule has 1 aromatic rings. The van der Waals surface area contributed by atoms with E-state index in [2.05, 4.69) is 17.1 Å². The van der Waals surface area contributed by atoms with E-state index >= 15 is 0 Å². The molecule has 0 radical (unpaired) electrons. The van der Waals surface area contributed by atoms with Crippen molar-refractivity contribution in [1.82, 2.24) is 0 Å². The molecule has 0 aromatic heterocycles. The Bertz CT molecular complexity index is 297. The van der Waals surface area contributed by atoms with Gasteiger partial charge in [-0.1, -0.05) is 12.1 Å². The van der Waals surface area contributed by atoms with Crippen LogP contribution >= 0.6 is 0 Å². The highest BCUT2D eigenvalue weighted by molar-refractivity contribution is 6.03. The number of rotatable bonds is 1. The van der Waals surface area contributed by atoms with Crippen LogP contribution in [0.2, 0.25) is 0 Å². The van der Waals surface area contributed by atoms with Gasteiger partial charge in [-0.25, -0.2) is 4.99 Å². The Morgan fingerprint density at radius 2 is 2.33 bits per heavy atom. The first-order valence-electron chi connectivity index (χ1n) is 3.47. The second-order valence-corrected chi connectivity index (χ2v) is 2.32. The monoisotopic (exact) mass is 159 g/mol. The summed E-state index contributed by atoms with van der Waals surface area (Å²) in [6, 6.07) is 10.6. The number of nitrogens with zero attached hydrogens (tertiary/aromatic N) is 1. The van der Waals surface area contributed by atoms with E-state index in [0.29, 0.717) is 11.4 Å². The molecule has 0 saturated heterocycles. The number of nitrogens with two attached hydrogens (primary N) is 1. The predicted octanol–water partition coefficient (Wildman–Crippen LogP) is 0.989. The summed E-state index contributed by atoms with van der Waals surface area (Å²) in [7, 11) is 0. The molecule has 0 aliphatic heterocycles. The molecule has 12 heavy (non-hydrogen) atoms. The van der Waals surface area contributed by atoms with Crippen LogP contribution in [0.3, 0.4) is 0 Å². The molecule has 0 amide bonds. The van der Waals surface area contributed by atoms with Gasteiger partial charge in [0.25, 0.3) is 0 Å². The van der Waals surface area contributed by atoms with Crippen LogP contribution in [0.1, 0.15) is 12.5 Å². The molecular formula is C9H9N3. The molecule has 0 atom stereocenters. The van der Waals surface area contributed by atoms with E-state index in [1.54, 1.807) is 25.1 Å². The van der Waals surface area contributed by atoms with Crippen LogP contribution < -0.4 is 5.73 Å². The molecular weight excluding hydrogens is 150 g/mol. The highest BCUT2D eigenvalue weighted by Crippen LogP contribution is 1.97. The highest BCUT2D eigenvalue weighted by atomic mass is 14.9. The van der Waals surface area contributed by atoms with Crippen LogP contribution in [-0.2, 0) is 0 Å². The third-order valence-corrected chi connectivity index (χ3v) is 1.22. The summed E-state index contributed by atoms with van der Waals surface area (Å²) >= 11 is 0. The lowest BCUT2D eigenvalue weighted by Crippen LogP contribution is -2.09. The zero-order valence-corrected chi connectivity index (χ0v) is 6.76. The van der Waals surface area contributed by atoms with Gasteiger partial charge in [0, 0.05) is 5.56 Å². The van der Waals surface area contributed by atoms with Crippen molar-refractivity contribution < 1.29 is 0 Å². The summed E-state index contributed by atoms with van der Waals surface area (Å²) in [6.07, 6.45) is 0. The fourth-order valence-corrected chi connectivity index (χ4v) is 0.735. The van der Waals surface area contributed by atoms with Crippen LogP contribution in [0.4, 0.5) is 0 Å². The SMILES string of the molecule is CC(N)=NC(=N)c1cc#ccc1. The highest BCUT2D eigenvalue weighted by Gasteiger charge is 1.96.